The minimum Gasteiger partial charge on any atom is -0.0877 e. The molecule has 37 valence electrons. The molecule has 2 bridgehead atoms. The Kier molecular flexibility index (Phi) is 0.592. The summed E-state index contributed by atoms with van der Waals surface area (Å²) in [6.07, 6.45) is 8.77. The van der Waals surface area contributed by atoms with Crippen molar-refractivity contribution < 1.29 is 0 Å². The van der Waals surface area contributed by atoms with Gasteiger partial charge in [0.15, 0.2) is 0 Å². The second-order valence-electron chi connectivity index (χ2n) is 2.57. The number of hydrogen-bond acceptors (Lipinski definition) is 0. The molecule has 0 heteroatoms. The fourth-order valence-electron chi connectivity index (χ4n) is 1.41. The molecule has 3 aliphatic rings. The van der Waals surface area contributed by atoms with Crippen molar-refractivity contribution >= 4 is 0 Å². The molecule has 0 N–H and O–H groups in total. The Morgan fingerprint density at radius 3 is 2.43 bits per heavy atom. The van der Waals surface area contributed by atoms with Gasteiger partial charge in [0.05, 0.1) is 0 Å². The van der Waals surface area contributed by atoms with E-state index >= 15 is 0 Å². The molecule has 3 aliphatic carbocycles. The summed E-state index contributed by atoms with van der Waals surface area (Å²) in [6, 6.07) is 0. The van der Waals surface area contributed by atoms with Gasteiger partial charge in [0.2, 0.25) is 0 Å². The lowest BCUT2D eigenvalue weighted by atomic mass is 9.69. The van der Waals surface area contributed by atoms with Gasteiger partial charge in [0.25, 0.3) is 0 Å². The van der Waals surface area contributed by atoms with Crippen LogP contribution in [0.1, 0.15) is 19.3 Å². The molecule has 0 spiro atoms. The lowest BCUT2D eigenvalue weighted by Crippen LogP contribution is -2.22. The molecule has 0 unspecified atom stereocenters. The highest BCUT2D eigenvalue weighted by Gasteiger charge is 2.29. The number of allylic oxidation sites excluding steroid dienone is 2. The molecule has 0 aromatic heterocycles. The van der Waals surface area contributed by atoms with Crippen LogP contribution < -0.4 is 0 Å². The summed E-state index contributed by atoms with van der Waals surface area (Å²) in [5.74, 6) is 2.73. The Labute approximate surface area is 44.2 Å². The first kappa shape index (κ1) is 3.71. The SMILES string of the molecule is C1=C[C]2CC(C1)C2. The van der Waals surface area contributed by atoms with Crippen LogP contribution in [0.4, 0.5) is 0 Å². The van der Waals surface area contributed by atoms with Gasteiger partial charge in [-0.25, -0.2) is 0 Å². The maximum atomic E-state index is 2.30. The van der Waals surface area contributed by atoms with Crippen molar-refractivity contribution in [3.63, 3.8) is 0 Å². The summed E-state index contributed by atoms with van der Waals surface area (Å²) in [7, 11) is 0. The zero-order valence-corrected chi connectivity index (χ0v) is 4.35. The average Bonchev–Trinajstić information content (AvgIpc) is 1.67. The van der Waals surface area contributed by atoms with Gasteiger partial charge in [0.1, 0.15) is 0 Å². The van der Waals surface area contributed by atoms with Gasteiger partial charge in [-0.05, 0) is 31.1 Å². The zero-order valence-electron chi connectivity index (χ0n) is 4.35. The van der Waals surface area contributed by atoms with Crippen LogP contribution >= 0.6 is 0 Å². The molecule has 0 aliphatic heterocycles. The average molecular weight is 93.1 g/mol. The van der Waals surface area contributed by atoms with E-state index in [9.17, 15) is 0 Å². The van der Waals surface area contributed by atoms with Crippen LogP contribution in [-0.2, 0) is 0 Å². The summed E-state index contributed by atoms with van der Waals surface area (Å²) in [6.45, 7) is 0. The summed E-state index contributed by atoms with van der Waals surface area (Å²) in [4.78, 5) is 0. The lowest BCUT2D eigenvalue weighted by Gasteiger charge is -2.35. The topological polar surface area (TPSA) is 0 Å². The van der Waals surface area contributed by atoms with Crippen molar-refractivity contribution in [3.8, 4) is 0 Å². The van der Waals surface area contributed by atoms with Crippen molar-refractivity contribution in [2.75, 3.05) is 0 Å². The van der Waals surface area contributed by atoms with E-state index in [-0.39, 0.29) is 0 Å². The lowest BCUT2D eigenvalue weighted by molar-refractivity contribution is 0.361. The quantitative estimate of drug-likeness (QED) is 0.429. The smallest absolute Gasteiger partial charge is 0.00216 e. The maximum absolute atomic E-state index is 2.30. The van der Waals surface area contributed by atoms with Crippen molar-refractivity contribution in [1.29, 1.82) is 0 Å². The molecule has 0 saturated heterocycles. The van der Waals surface area contributed by atoms with Gasteiger partial charge < -0.3 is 0 Å². The van der Waals surface area contributed by atoms with Crippen LogP contribution in [0.3, 0.4) is 0 Å². The van der Waals surface area contributed by atoms with E-state index in [4.69, 9.17) is 0 Å². The van der Waals surface area contributed by atoms with Gasteiger partial charge in [-0.2, -0.15) is 0 Å². The minimum atomic E-state index is 1.06. The monoisotopic (exact) mass is 93.1 g/mol. The predicted octanol–water partition coefficient (Wildman–Crippen LogP) is 1.93. The predicted molar refractivity (Wildman–Crippen MR) is 29.7 cm³/mol. The Hall–Kier alpha value is -0.260. The third-order valence-corrected chi connectivity index (χ3v) is 1.92. The van der Waals surface area contributed by atoms with Crippen molar-refractivity contribution in [3.05, 3.63) is 18.1 Å². The minimum absolute atomic E-state index is 1.06. The molecule has 0 atom stereocenters. The first-order valence-electron chi connectivity index (χ1n) is 2.96. The van der Waals surface area contributed by atoms with Gasteiger partial charge in [0, 0.05) is 0 Å². The molecule has 0 heterocycles. The number of rotatable bonds is 0. The molecule has 0 nitrogen and oxygen atoms in total. The Balaban J connectivity index is 2.18. The molecule has 0 aromatic carbocycles. The molecular weight excluding hydrogens is 84.1 g/mol. The van der Waals surface area contributed by atoms with Crippen LogP contribution in [0.25, 0.3) is 0 Å². The highest BCUT2D eigenvalue weighted by molar-refractivity contribution is 5.23. The summed E-state index contributed by atoms with van der Waals surface area (Å²) in [5, 5.41) is 0. The van der Waals surface area contributed by atoms with Crippen molar-refractivity contribution in [1.82, 2.24) is 0 Å². The normalized spacial score (nSPS) is 30.3. The molecule has 1 radical (unpaired) electrons. The Bertz CT molecular complexity index is 96.6. The first-order valence-corrected chi connectivity index (χ1v) is 2.96. The van der Waals surface area contributed by atoms with E-state index in [1.54, 1.807) is 5.92 Å². The van der Waals surface area contributed by atoms with Crippen molar-refractivity contribution in [2.45, 2.75) is 19.3 Å². The second kappa shape index (κ2) is 1.12. The Morgan fingerprint density at radius 1 is 1.43 bits per heavy atom. The van der Waals surface area contributed by atoms with E-state index in [2.05, 4.69) is 12.2 Å². The van der Waals surface area contributed by atoms with Crippen LogP contribution in [0.15, 0.2) is 12.2 Å². The van der Waals surface area contributed by atoms with E-state index in [0.29, 0.717) is 0 Å². The van der Waals surface area contributed by atoms with E-state index in [1.165, 1.54) is 19.3 Å². The fraction of sp³-hybridized carbons (Fsp3) is 0.571. The molecule has 0 amide bonds. The molecular formula is C7H9. The number of hydrogen-bond donors (Lipinski definition) is 0. The maximum Gasteiger partial charge on any atom is -0.00216 e. The largest absolute Gasteiger partial charge is 0.0877 e. The highest BCUT2D eigenvalue weighted by Crippen LogP contribution is 2.42. The molecule has 1 fully saturated rings. The van der Waals surface area contributed by atoms with Crippen LogP contribution in [0, 0.1) is 11.8 Å². The van der Waals surface area contributed by atoms with Gasteiger partial charge >= 0.3 is 0 Å². The van der Waals surface area contributed by atoms with Gasteiger partial charge in [-0.3, -0.25) is 0 Å². The molecule has 1 saturated carbocycles. The third kappa shape index (κ3) is 0.425. The standard InChI is InChI=1S/C7H9/c1-2-6-4-7(3-1)5-6/h1-2,7H,3-5H2. The zero-order chi connectivity index (χ0) is 4.69. The fourth-order valence-corrected chi connectivity index (χ4v) is 1.41. The summed E-state index contributed by atoms with van der Waals surface area (Å²) >= 11 is 0. The van der Waals surface area contributed by atoms with E-state index in [0.717, 1.165) is 5.92 Å². The first-order chi connectivity index (χ1) is 3.45. The van der Waals surface area contributed by atoms with Gasteiger partial charge in [-0.15, -0.1) is 0 Å². The second-order valence-corrected chi connectivity index (χ2v) is 2.57. The van der Waals surface area contributed by atoms with Crippen molar-refractivity contribution in [2.24, 2.45) is 5.92 Å². The van der Waals surface area contributed by atoms with Crippen LogP contribution in [-0.4, -0.2) is 0 Å². The molecule has 0 aromatic rings. The van der Waals surface area contributed by atoms with E-state index in [1.807, 2.05) is 0 Å². The summed E-state index contributed by atoms with van der Waals surface area (Å²) < 4.78 is 0. The molecule has 3 rings (SSSR count). The van der Waals surface area contributed by atoms with E-state index < -0.39 is 0 Å². The number of fused-ring (bicyclic) bond motifs is 1. The summed E-state index contributed by atoms with van der Waals surface area (Å²) in [5.41, 5.74) is 0. The van der Waals surface area contributed by atoms with Gasteiger partial charge in [-0.1, -0.05) is 12.2 Å². The highest BCUT2D eigenvalue weighted by atomic mass is 14.3. The molecule has 7 heavy (non-hydrogen) atoms. The van der Waals surface area contributed by atoms with Crippen LogP contribution in [0.5, 0.6) is 0 Å². The third-order valence-electron chi connectivity index (χ3n) is 1.92. The van der Waals surface area contributed by atoms with Crippen LogP contribution in [0.2, 0.25) is 0 Å². The Morgan fingerprint density at radius 2 is 2.29 bits per heavy atom.